The van der Waals surface area contributed by atoms with Crippen LogP contribution in [0.25, 0.3) is 11.1 Å². The molecule has 0 atom stereocenters. The first kappa shape index (κ1) is 13.1. The molecule has 1 aromatic carbocycles. The van der Waals surface area contributed by atoms with Crippen LogP contribution in [0.2, 0.25) is 0 Å². The molecule has 0 saturated carbocycles. The zero-order chi connectivity index (χ0) is 14.7. The average molecular weight is 283 g/mol. The van der Waals surface area contributed by atoms with Gasteiger partial charge in [-0.15, -0.1) is 0 Å². The quantitative estimate of drug-likeness (QED) is 0.785. The Morgan fingerprint density at radius 3 is 2.81 bits per heavy atom. The molecule has 0 unspecified atom stereocenters. The van der Waals surface area contributed by atoms with Crippen molar-refractivity contribution in [2.45, 2.75) is 6.54 Å². The van der Waals surface area contributed by atoms with Gasteiger partial charge in [-0.1, -0.05) is 18.2 Å². The van der Waals surface area contributed by atoms with Gasteiger partial charge >= 0.3 is 5.76 Å². The third kappa shape index (κ3) is 2.69. The summed E-state index contributed by atoms with van der Waals surface area (Å²) in [6.45, 7) is 0.660. The zero-order valence-corrected chi connectivity index (χ0v) is 11.2. The highest BCUT2D eigenvalue weighted by molar-refractivity contribution is 5.92. The Morgan fingerprint density at radius 2 is 2.00 bits per heavy atom. The van der Waals surface area contributed by atoms with Gasteiger partial charge in [-0.3, -0.25) is 14.3 Å². The topological polar surface area (TPSA) is 77.1 Å². The highest BCUT2D eigenvalue weighted by Crippen LogP contribution is 2.11. The zero-order valence-electron chi connectivity index (χ0n) is 11.2. The predicted molar refractivity (Wildman–Crippen MR) is 77.0 cm³/mol. The fourth-order valence-corrected chi connectivity index (χ4v) is 2.09. The Morgan fingerprint density at radius 1 is 1.19 bits per heavy atom. The molecule has 0 aliphatic heterocycles. The van der Waals surface area contributed by atoms with Gasteiger partial charge in [0.25, 0.3) is 5.91 Å². The molecular weight excluding hydrogens is 270 g/mol. The molecule has 1 N–H and O–H groups in total. The molecule has 3 rings (SSSR count). The highest BCUT2D eigenvalue weighted by Gasteiger charge is 2.09. The van der Waals surface area contributed by atoms with E-state index < -0.39 is 5.76 Å². The van der Waals surface area contributed by atoms with Gasteiger partial charge in [0, 0.05) is 19.3 Å². The maximum Gasteiger partial charge on any atom is 0.420 e. The first-order valence-electron chi connectivity index (χ1n) is 6.53. The number of rotatable bonds is 4. The van der Waals surface area contributed by atoms with Crippen LogP contribution in [0.15, 0.2) is 57.9 Å². The first-order chi connectivity index (χ1) is 10.3. The standard InChI is InChI=1S/C15H13N3O3/c19-14(11-5-3-4-8-16-11)17-9-10-18-12-6-1-2-7-13(12)21-15(18)20/h1-8H,9-10H2,(H,17,19). The normalized spacial score (nSPS) is 10.7. The minimum absolute atomic E-state index is 0.267. The Kier molecular flexibility index (Phi) is 3.51. The molecule has 106 valence electrons. The third-order valence-corrected chi connectivity index (χ3v) is 3.09. The van der Waals surface area contributed by atoms with Crippen LogP contribution in [0, 0.1) is 0 Å². The monoisotopic (exact) mass is 283 g/mol. The Hall–Kier alpha value is -2.89. The number of fused-ring (bicyclic) bond motifs is 1. The smallest absolute Gasteiger partial charge is 0.408 e. The minimum atomic E-state index is -0.428. The van der Waals surface area contributed by atoms with Crippen molar-refractivity contribution >= 4 is 17.0 Å². The third-order valence-electron chi connectivity index (χ3n) is 3.09. The summed E-state index contributed by atoms with van der Waals surface area (Å²) in [7, 11) is 0. The number of amides is 1. The second-order valence-electron chi connectivity index (χ2n) is 4.46. The van der Waals surface area contributed by atoms with Gasteiger partial charge in [0.05, 0.1) is 5.52 Å². The fraction of sp³-hybridized carbons (Fsp3) is 0.133. The maximum atomic E-state index is 11.8. The molecule has 0 bridgehead atoms. The van der Waals surface area contributed by atoms with Gasteiger partial charge in [0.2, 0.25) is 0 Å². The van der Waals surface area contributed by atoms with E-state index >= 15 is 0 Å². The van der Waals surface area contributed by atoms with E-state index in [1.54, 1.807) is 42.6 Å². The second kappa shape index (κ2) is 5.62. The van der Waals surface area contributed by atoms with Crippen LogP contribution in [0.5, 0.6) is 0 Å². The van der Waals surface area contributed by atoms with Gasteiger partial charge in [-0.25, -0.2) is 4.79 Å². The van der Waals surface area contributed by atoms with E-state index in [-0.39, 0.29) is 5.91 Å². The van der Waals surface area contributed by atoms with Crippen molar-refractivity contribution in [1.82, 2.24) is 14.9 Å². The molecule has 0 saturated heterocycles. The van der Waals surface area contributed by atoms with Crippen LogP contribution in [0.4, 0.5) is 0 Å². The van der Waals surface area contributed by atoms with Crippen molar-refractivity contribution in [3.8, 4) is 0 Å². The number of nitrogens with one attached hydrogen (secondary N) is 1. The van der Waals surface area contributed by atoms with Gasteiger partial charge < -0.3 is 9.73 Å². The number of oxazole rings is 1. The molecule has 0 aliphatic carbocycles. The molecule has 0 aliphatic rings. The molecule has 6 nitrogen and oxygen atoms in total. The maximum absolute atomic E-state index is 11.8. The molecule has 2 heterocycles. The van der Waals surface area contributed by atoms with E-state index in [2.05, 4.69) is 10.3 Å². The van der Waals surface area contributed by atoms with Crippen LogP contribution in [-0.4, -0.2) is 22.0 Å². The number of benzene rings is 1. The van der Waals surface area contributed by atoms with Crippen LogP contribution in [0.1, 0.15) is 10.5 Å². The van der Waals surface area contributed by atoms with Crippen molar-refractivity contribution in [2.24, 2.45) is 0 Å². The molecule has 2 aromatic heterocycles. The van der Waals surface area contributed by atoms with E-state index in [0.29, 0.717) is 24.4 Å². The molecule has 6 heteroatoms. The highest BCUT2D eigenvalue weighted by atomic mass is 16.4. The number of nitrogens with zero attached hydrogens (tertiary/aromatic N) is 2. The molecule has 0 fully saturated rings. The lowest BCUT2D eigenvalue weighted by Gasteiger charge is -2.05. The number of hydrogen-bond donors (Lipinski definition) is 1. The molecule has 21 heavy (non-hydrogen) atoms. The summed E-state index contributed by atoms with van der Waals surface area (Å²) >= 11 is 0. The number of carbonyl (C=O) groups excluding carboxylic acids is 1. The van der Waals surface area contributed by atoms with Gasteiger partial charge in [0.15, 0.2) is 5.58 Å². The van der Waals surface area contributed by atoms with E-state index in [9.17, 15) is 9.59 Å². The number of pyridine rings is 1. The summed E-state index contributed by atoms with van der Waals surface area (Å²) in [6, 6.07) is 12.3. The van der Waals surface area contributed by atoms with Crippen LogP contribution < -0.4 is 11.1 Å². The van der Waals surface area contributed by atoms with Crippen molar-refractivity contribution < 1.29 is 9.21 Å². The SMILES string of the molecule is O=C(NCCn1c(=O)oc2ccccc21)c1ccccn1. The fourth-order valence-electron chi connectivity index (χ4n) is 2.09. The summed E-state index contributed by atoms with van der Waals surface area (Å²) in [5.41, 5.74) is 1.61. The number of carbonyl (C=O) groups is 1. The number of para-hydroxylation sites is 2. The Bertz CT molecular complexity index is 821. The molecular formula is C15H13N3O3. The van der Waals surface area contributed by atoms with Crippen molar-refractivity contribution in [3.63, 3.8) is 0 Å². The number of aromatic nitrogens is 2. The van der Waals surface area contributed by atoms with E-state index in [1.165, 1.54) is 4.57 Å². The largest absolute Gasteiger partial charge is 0.420 e. The summed E-state index contributed by atoms with van der Waals surface area (Å²) in [5, 5.41) is 2.73. The van der Waals surface area contributed by atoms with E-state index in [0.717, 1.165) is 5.52 Å². The van der Waals surface area contributed by atoms with Crippen molar-refractivity contribution in [2.75, 3.05) is 6.54 Å². The van der Waals surface area contributed by atoms with Crippen molar-refractivity contribution in [1.29, 1.82) is 0 Å². The van der Waals surface area contributed by atoms with Crippen LogP contribution in [0.3, 0.4) is 0 Å². The Balaban J connectivity index is 1.69. The summed E-state index contributed by atoms with van der Waals surface area (Å²) in [5.74, 6) is -0.695. The van der Waals surface area contributed by atoms with Crippen LogP contribution >= 0.6 is 0 Å². The Labute approximate surface area is 120 Å². The van der Waals surface area contributed by atoms with E-state index in [4.69, 9.17) is 4.42 Å². The first-order valence-corrected chi connectivity index (χ1v) is 6.53. The molecule has 0 radical (unpaired) electrons. The van der Waals surface area contributed by atoms with Gasteiger partial charge in [-0.05, 0) is 24.3 Å². The average Bonchev–Trinajstić information content (AvgIpc) is 2.84. The van der Waals surface area contributed by atoms with Gasteiger partial charge in [0.1, 0.15) is 5.69 Å². The molecule has 3 aromatic rings. The predicted octanol–water partition coefficient (Wildman–Crippen LogP) is 1.42. The lowest BCUT2D eigenvalue weighted by Crippen LogP contribution is -2.30. The van der Waals surface area contributed by atoms with Gasteiger partial charge in [-0.2, -0.15) is 0 Å². The van der Waals surface area contributed by atoms with Crippen LogP contribution in [-0.2, 0) is 6.54 Å². The minimum Gasteiger partial charge on any atom is -0.408 e. The summed E-state index contributed by atoms with van der Waals surface area (Å²) in [6.07, 6.45) is 1.56. The number of hydrogen-bond acceptors (Lipinski definition) is 4. The molecule has 1 amide bonds. The lowest BCUT2D eigenvalue weighted by molar-refractivity contribution is 0.0947. The van der Waals surface area contributed by atoms with E-state index in [1.807, 2.05) is 6.07 Å². The summed E-state index contributed by atoms with van der Waals surface area (Å²) < 4.78 is 6.62. The lowest BCUT2D eigenvalue weighted by atomic mass is 10.3. The summed E-state index contributed by atoms with van der Waals surface area (Å²) in [4.78, 5) is 27.6. The molecule has 0 spiro atoms. The second-order valence-corrected chi connectivity index (χ2v) is 4.46. The van der Waals surface area contributed by atoms with Crippen molar-refractivity contribution in [3.05, 3.63) is 64.9 Å².